The molecular formula is C53H64O15. The Morgan fingerprint density at radius 3 is 1.32 bits per heavy atom. The number of aliphatic hydroxyl groups is 1. The lowest BCUT2D eigenvalue weighted by molar-refractivity contribution is -0.145. The average Bonchev–Trinajstić information content (AvgIpc) is 3.36. The van der Waals surface area contributed by atoms with Gasteiger partial charge < -0.3 is 43.0 Å². The Bertz CT molecular complexity index is 2100. The van der Waals surface area contributed by atoms with Gasteiger partial charge >= 0.3 is 29.8 Å². The molecule has 0 radical (unpaired) electrons. The van der Waals surface area contributed by atoms with Crippen LogP contribution in [0, 0.1) is 23.7 Å². The van der Waals surface area contributed by atoms with E-state index in [-0.39, 0.29) is 40.8 Å². The van der Waals surface area contributed by atoms with E-state index >= 15 is 0 Å². The first-order valence-corrected chi connectivity index (χ1v) is 23.7. The Kier molecular flexibility index (Phi) is 22.3. The summed E-state index contributed by atoms with van der Waals surface area (Å²) in [6, 6.07) is 18.0. The van der Waals surface area contributed by atoms with E-state index < -0.39 is 36.0 Å². The molecular weight excluding hydrogens is 877 g/mol. The Labute approximate surface area is 398 Å². The Balaban J connectivity index is 0.948. The fourth-order valence-electron chi connectivity index (χ4n) is 7.90. The fourth-order valence-corrected chi connectivity index (χ4v) is 7.90. The van der Waals surface area contributed by atoms with E-state index in [0.717, 1.165) is 57.4 Å². The van der Waals surface area contributed by atoms with E-state index in [1.54, 1.807) is 48.5 Å². The number of ether oxygens (including phenoxy) is 8. The summed E-state index contributed by atoms with van der Waals surface area (Å²) in [7, 11) is 0. The molecule has 366 valence electrons. The third kappa shape index (κ3) is 18.1. The van der Waals surface area contributed by atoms with Crippen LogP contribution in [0.1, 0.15) is 113 Å². The first-order chi connectivity index (χ1) is 33.0. The molecule has 68 heavy (non-hydrogen) atoms. The summed E-state index contributed by atoms with van der Waals surface area (Å²) in [5, 5.41) is 9.31. The molecule has 1 atom stereocenters. The van der Waals surface area contributed by atoms with Crippen LogP contribution in [-0.2, 0) is 33.4 Å². The number of rotatable bonds is 28. The number of carbonyl (C=O) groups excluding carboxylic acids is 6. The van der Waals surface area contributed by atoms with Gasteiger partial charge in [-0.2, -0.15) is 0 Å². The van der Waals surface area contributed by atoms with Crippen molar-refractivity contribution in [2.45, 2.75) is 109 Å². The molecule has 15 nitrogen and oxygen atoms in total. The second kappa shape index (κ2) is 28.8. The number of unbranched alkanes of at least 4 members (excludes halogenated alkanes) is 6. The highest BCUT2D eigenvalue weighted by molar-refractivity contribution is 5.85. The molecule has 2 aliphatic rings. The zero-order chi connectivity index (χ0) is 48.5. The monoisotopic (exact) mass is 940 g/mol. The topological polar surface area (TPSA) is 196 Å². The number of carbonyl (C=O) groups is 6. The number of aldehydes is 1. The van der Waals surface area contributed by atoms with Gasteiger partial charge in [-0.05, 0) is 169 Å². The summed E-state index contributed by atoms with van der Waals surface area (Å²) in [6.45, 7) is 8.76. The molecule has 5 rings (SSSR count). The maximum atomic E-state index is 13.2. The molecule has 2 saturated carbocycles. The van der Waals surface area contributed by atoms with Gasteiger partial charge in [0.05, 0.1) is 55.7 Å². The van der Waals surface area contributed by atoms with Gasteiger partial charge in [-0.1, -0.05) is 19.6 Å². The van der Waals surface area contributed by atoms with E-state index in [1.807, 2.05) is 0 Å². The first-order valence-electron chi connectivity index (χ1n) is 23.7. The molecule has 1 N–H and O–H groups in total. The van der Waals surface area contributed by atoms with Crippen molar-refractivity contribution < 1.29 is 71.8 Å². The number of hydrogen-bond acceptors (Lipinski definition) is 15. The van der Waals surface area contributed by atoms with Crippen molar-refractivity contribution in [2.24, 2.45) is 23.7 Å². The molecule has 2 aliphatic carbocycles. The second-order valence-electron chi connectivity index (χ2n) is 16.9. The Morgan fingerprint density at radius 2 is 0.897 bits per heavy atom. The standard InChI is InChI=1S/C53H64O15/c1-3-48(55)63-33-11-7-5-9-31-61-42-21-25-44(26-22-42)65-50(57)37-13-15-39(16-14-37)52(59)67-46-29-30-47(41(35-46)36-54)68-53(60)40-19-17-38(18-20-40)51(58)66-45-27-23-43(24-28-45)62-32-10-6-8-12-34-64-49(56)4-2/h3-4,21-30,35-40,48,55H,1-2,5-20,31-34H2. The van der Waals surface area contributed by atoms with Gasteiger partial charge in [0, 0.05) is 6.08 Å². The van der Waals surface area contributed by atoms with Crippen molar-refractivity contribution in [3.05, 3.63) is 97.6 Å². The smallest absolute Gasteiger partial charge is 0.330 e. The van der Waals surface area contributed by atoms with Crippen LogP contribution in [0.4, 0.5) is 0 Å². The Hall–Kier alpha value is -6.32. The predicted octanol–water partition coefficient (Wildman–Crippen LogP) is 9.26. The molecule has 0 saturated heterocycles. The van der Waals surface area contributed by atoms with Gasteiger partial charge in [-0.3, -0.25) is 24.0 Å². The van der Waals surface area contributed by atoms with Crippen molar-refractivity contribution in [1.82, 2.24) is 0 Å². The molecule has 0 heterocycles. The molecule has 0 amide bonds. The number of benzene rings is 3. The molecule has 0 aliphatic heterocycles. The minimum atomic E-state index is -0.925. The first kappa shape index (κ1) is 52.6. The average molecular weight is 941 g/mol. The molecule has 3 aromatic rings. The summed E-state index contributed by atoms with van der Waals surface area (Å²) >= 11 is 0. The van der Waals surface area contributed by atoms with Crippen molar-refractivity contribution in [1.29, 1.82) is 0 Å². The number of aliphatic hydroxyl groups excluding tert-OH is 1. The van der Waals surface area contributed by atoms with Crippen LogP contribution in [0.25, 0.3) is 0 Å². The van der Waals surface area contributed by atoms with E-state index in [9.17, 15) is 33.9 Å². The van der Waals surface area contributed by atoms with Crippen molar-refractivity contribution in [2.75, 3.05) is 26.4 Å². The van der Waals surface area contributed by atoms with Gasteiger partial charge in [0.2, 0.25) is 0 Å². The normalized spacial score (nSPS) is 18.2. The summed E-state index contributed by atoms with van der Waals surface area (Å²) < 4.78 is 44.2. The van der Waals surface area contributed by atoms with Gasteiger partial charge in [0.25, 0.3) is 0 Å². The van der Waals surface area contributed by atoms with E-state index in [4.69, 9.17) is 37.9 Å². The Morgan fingerprint density at radius 1 is 0.515 bits per heavy atom. The zero-order valence-corrected chi connectivity index (χ0v) is 38.7. The highest BCUT2D eigenvalue weighted by Gasteiger charge is 2.34. The third-order valence-corrected chi connectivity index (χ3v) is 11.9. The lowest BCUT2D eigenvalue weighted by Crippen LogP contribution is -2.30. The molecule has 0 spiro atoms. The largest absolute Gasteiger partial charge is 0.494 e. The van der Waals surface area contributed by atoms with Gasteiger partial charge in [-0.25, -0.2) is 4.79 Å². The van der Waals surface area contributed by atoms with Crippen molar-refractivity contribution in [3.63, 3.8) is 0 Å². The van der Waals surface area contributed by atoms with Crippen LogP contribution in [-0.4, -0.2) is 74.0 Å². The maximum Gasteiger partial charge on any atom is 0.330 e. The summed E-state index contributed by atoms with van der Waals surface area (Å²) in [5.74, 6) is -1.50. The summed E-state index contributed by atoms with van der Waals surface area (Å²) in [6.07, 6.45) is 12.6. The van der Waals surface area contributed by atoms with Crippen LogP contribution < -0.4 is 28.4 Å². The maximum absolute atomic E-state index is 13.2. The predicted molar refractivity (Wildman–Crippen MR) is 249 cm³/mol. The van der Waals surface area contributed by atoms with E-state index in [0.29, 0.717) is 107 Å². The molecule has 15 heteroatoms. The van der Waals surface area contributed by atoms with Crippen LogP contribution in [0.5, 0.6) is 34.5 Å². The van der Waals surface area contributed by atoms with Gasteiger partial charge in [0.15, 0.2) is 12.6 Å². The lowest BCUT2D eigenvalue weighted by atomic mass is 9.82. The summed E-state index contributed by atoms with van der Waals surface area (Å²) in [4.78, 5) is 75.3. The number of esters is 5. The van der Waals surface area contributed by atoms with Crippen molar-refractivity contribution >= 4 is 36.1 Å². The van der Waals surface area contributed by atoms with Crippen LogP contribution in [0.3, 0.4) is 0 Å². The SMILES string of the molecule is C=CC(=O)OCCCCCCOc1ccc(OC(=O)C2CCC(C(=O)Oc3ccc(OC(=O)C4CCC(C(=O)Oc5ccc(OCCCCCCOC(O)C=C)cc5)CC4)cc3C=O)CC2)cc1. The van der Waals surface area contributed by atoms with Crippen molar-refractivity contribution in [3.8, 4) is 34.5 Å². The highest BCUT2D eigenvalue weighted by atomic mass is 16.6. The minimum Gasteiger partial charge on any atom is -0.494 e. The number of hydrogen-bond donors (Lipinski definition) is 1. The lowest BCUT2D eigenvalue weighted by Gasteiger charge is -2.26. The second-order valence-corrected chi connectivity index (χ2v) is 16.9. The molecule has 2 fully saturated rings. The fraction of sp³-hybridized carbons (Fsp3) is 0.472. The molecule has 0 bridgehead atoms. The molecule has 1 unspecified atom stereocenters. The molecule has 3 aromatic carbocycles. The molecule has 0 aromatic heterocycles. The van der Waals surface area contributed by atoms with Gasteiger partial charge in [-0.15, -0.1) is 0 Å². The summed E-state index contributed by atoms with van der Waals surface area (Å²) in [5.41, 5.74) is 0.0452. The third-order valence-electron chi connectivity index (χ3n) is 11.9. The van der Waals surface area contributed by atoms with Crippen LogP contribution in [0.15, 0.2) is 92.0 Å². The van der Waals surface area contributed by atoms with Crippen LogP contribution >= 0.6 is 0 Å². The van der Waals surface area contributed by atoms with Gasteiger partial charge in [0.1, 0.15) is 34.5 Å². The minimum absolute atomic E-state index is 0.0415. The van der Waals surface area contributed by atoms with E-state index in [1.165, 1.54) is 24.3 Å². The van der Waals surface area contributed by atoms with E-state index in [2.05, 4.69) is 13.2 Å². The van der Waals surface area contributed by atoms with Crippen LogP contribution in [0.2, 0.25) is 0 Å². The zero-order valence-electron chi connectivity index (χ0n) is 38.7. The quantitative estimate of drug-likeness (QED) is 0.0137. The highest BCUT2D eigenvalue weighted by Crippen LogP contribution is 2.35.